The van der Waals surface area contributed by atoms with Gasteiger partial charge >= 0.3 is 0 Å². The maximum Gasteiger partial charge on any atom is 0.261 e. The predicted molar refractivity (Wildman–Crippen MR) is 94.0 cm³/mol. The van der Waals surface area contributed by atoms with Crippen LogP contribution in [0.3, 0.4) is 0 Å². The maximum atomic E-state index is 12.4. The molecule has 1 saturated heterocycles. The first-order valence-corrected chi connectivity index (χ1v) is 9.00. The van der Waals surface area contributed by atoms with E-state index in [1.165, 1.54) is 0 Å². The monoisotopic (exact) mass is 346 g/mol. The van der Waals surface area contributed by atoms with Gasteiger partial charge in [0.05, 0.1) is 6.04 Å². The number of hydrogen-bond donors (Lipinski definition) is 3. The molecule has 25 heavy (non-hydrogen) atoms. The van der Waals surface area contributed by atoms with Gasteiger partial charge in [-0.3, -0.25) is 9.59 Å². The quantitative estimate of drug-likeness (QED) is 0.748. The smallest absolute Gasteiger partial charge is 0.261 e. The number of pyridine rings is 1. The Morgan fingerprint density at radius 3 is 2.80 bits per heavy atom. The molecule has 0 aromatic carbocycles. The molecule has 1 aromatic heterocycles. The van der Waals surface area contributed by atoms with E-state index in [0.717, 1.165) is 31.6 Å². The van der Waals surface area contributed by atoms with E-state index in [-0.39, 0.29) is 17.7 Å². The van der Waals surface area contributed by atoms with Crippen LogP contribution in [0, 0.1) is 11.8 Å². The van der Waals surface area contributed by atoms with E-state index in [9.17, 15) is 9.59 Å². The number of nitrogens with zero attached hydrogens (tertiary/aromatic N) is 1. The van der Waals surface area contributed by atoms with Gasteiger partial charge in [0.15, 0.2) is 6.10 Å². The average Bonchev–Trinajstić information content (AvgIpc) is 3.00. The second kappa shape index (κ2) is 7.82. The van der Waals surface area contributed by atoms with Crippen molar-refractivity contribution in [1.29, 1.82) is 0 Å². The molecule has 2 aliphatic rings. The lowest BCUT2D eigenvalue weighted by molar-refractivity contribution is -0.125. The molecule has 2 heterocycles. The summed E-state index contributed by atoms with van der Waals surface area (Å²) < 4.78 is 5.66. The van der Waals surface area contributed by atoms with Crippen LogP contribution in [-0.2, 0) is 9.59 Å². The van der Waals surface area contributed by atoms with Crippen LogP contribution in [0.5, 0.6) is 5.75 Å². The highest BCUT2D eigenvalue weighted by Gasteiger charge is 2.29. The minimum atomic E-state index is -0.528. The molecular formula is C18H26N4O3. The van der Waals surface area contributed by atoms with Crippen molar-refractivity contribution in [1.82, 2.24) is 10.3 Å². The van der Waals surface area contributed by atoms with Crippen molar-refractivity contribution in [3.63, 3.8) is 0 Å². The maximum absolute atomic E-state index is 12.4. The van der Waals surface area contributed by atoms with Gasteiger partial charge in [0.25, 0.3) is 5.91 Å². The zero-order chi connectivity index (χ0) is 17.8. The molecule has 3 rings (SSSR count). The van der Waals surface area contributed by atoms with Crippen molar-refractivity contribution < 1.29 is 14.3 Å². The SMILES string of the molecule is CC1CCC(C(N)C(=O)Nc2cc(OC3CCNC3=O)ccn2)CC1. The summed E-state index contributed by atoms with van der Waals surface area (Å²) in [6.07, 6.45) is 5.91. The van der Waals surface area contributed by atoms with E-state index in [0.29, 0.717) is 24.5 Å². The van der Waals surface area contributed by atoms with E-state index in [1.54, 1.807) is 18.3 Å². The largest absolute Gasteiger partial charge is 0.480 e. The van der Waals surface area contributed by atoms with Gasteiger partial charge in [-0.25, -0.2) is 4.98 Å². The molecule has 1 aliphatic heterocycles. The summed E-state index contributed by atoms with van der Waals surface area (Å²) >= 11 is 0. The van der Waals surface area contributed by atoms with Gasteiger partial charge in [-0.1, -0.05) is 19.8 Å². The fourth-order valence-corrected chi connectivity index (χ4v) is 3.47. The number of rotatable bonds is 5. The molecule has 2 atom stereocenters. The minimum absolute atomic E-state index is 0.115. The standard InChI is InChI=1S/C18H26N4O3/c1-11-2-4-12(5-3-11)16(19)18(24)22-15-10-13(6-8-20-15)25-14-7-9-21-17(14)23/h6,8,10-12,14,16H,2-5,7,9,19H2,1H3,(H,21,23)(H,20,22,24). The molecule has 2 unspecified atom stereocenters. The predicted octanol–water partition coefficient (Wildman–Crippen LogP) is 1.44. The van der Waals surface area contributed by atoms with Crippen LogP contribution in [0.1, 0.15) is 39.0 Å². The number of nitrogens with one attached hydrogen (secondary N) is 2. The van der Waals surface area contributed by atoms with Crippen LogP contribution in [0.25, 0.3) is 0 Å². The Morgan fingerprint density at radius 2 is 2.12 bits per heavy atom. The number of carbonyl (C=O) groups excluding carboxylic acids is 2. The average molecular weight is 346 g/mol. The van der Waals surface area contributed by atoms with Gasteiger partial charge in [0.2, 0.25) is 5.91 Å². The fourth-order valence-electron chi connectivity index (χ4n) is 3.47. The number of ether oxygens (including phenoxy) is 1. The third kappa shape index (κ3) is 4.48. The second-order valence-electron chi connectivity index (χ2n) is 7.10. The Balaban J connectivity index is 1.57. The highest BCUT2D eigenvalue weighted by molar-refractivity contribution is 5.94. The normalized spacial score (nSPS) is 27.4. The number of aromatic nitrogens is 1. The van der Waals surface area contributed by atoms with Crippen LogP contribution in [0.2, 0.25) is 0 Å². The zero-order valence-electron chi connectivity index (χ0n) is 14.5. The van der Waals surface area contributed by atoms with Crippen molar-refractivity contribution in [2.75, 3.05) is 11.9 Å². The van der Waals surface area contributed by atoms with Gasteiger partial charge in [-0.15, -0.1) is 0 Å². The van der Waals surface area contributed by atoms with E-state index >= 15 is 0 Å². The van der Waals surface area contributed by atoms with Crippen LogP contribution in [-0.4, -0.2) is 35.5 Å². The van der Waals surface area contributed by atoms with Gasteiger partial charge in [-0.2, -0.15) is 0 Å². The Bertz CT molecular complexity index is 629. The molecule has 4 N–H and O–H groups in total. The lowest BCUT2D eigenvalue weighted by atomic mass is 9.79. The molecule has 136 valence electrons. The third-order valence-electron chi connectivity index (χ3n) is 5.13. The summed E-state index contributed by atoms with van der Waals surface area (Å²) in [6.45, 7) is 2.86. The van der Waals surface area contributed by atoms with Crippen LogP contribution in [0.4, 0.5) is 5.82 Å². The molecule has 1 aliphatic carbocycles. The molecule has 0 spiro atoms. The molecule has 1 saturated carbocycles. The Morgan fingerprint density at radius 1 is 1.36 bits per heavy atom. The zero-order valence-corrected chi connectivity index (χ0v) is 14.5. The Kier molecular flexibility index (Phi) is 5.53. The van der Waals surface area contributed by atoms with Crippen LogP contribution < -0.4 is 21.1 Å². The van der Waals surface area contributed by atoms with Gasteiger partial charge in [0.1, 0.15) is 11.6 Å². The number of anilines is 1. The Labute approximate surface area is 147 Å². The molecule has 7 nitrogen and oxygen atoms in total. The van der Waals surface area contributed by atoms with Gasteiger partial charge < -0.3 is 21.1 Å². The summed E-state index contributed by atoms with van der Waals surface area (Å²) in [5.74, 6) is 1.50. The molecule has 2 fully saturated rings. The van der Waals surface area contributed by atoms with Crippen molar-refractivity contribution in [2.24, 2.45) is 17.6 Å². The lowest BCUT2D eigenvalue weighted by Crippen LogP contribution is -2.43. The summed E-state index contributed by atoms with van der Waals surface area (Å²) in [6, 6.07) is 2.77. The van der Waals surface area contributed by atoms with Gasteiger partial charge in [-0.05, 0) is 30.7 Å². The molecule has 2 amide bonds. The van der Waals surface area contributed by atoms with Crippen molar-refractivity contribution in [2.45, 2.75) is 51.2 Å². The molecule has 0 bridgehead atoms. The summed E-state index contributed by atoms with van der Waals surface area (Å²) in [7, 11) is 0. The van der Waals surface area contributed by atoms with E-state index in [2.05, 4.69) is 22.5 Å². The first kappa shape index (κ1) is 17.7. The van der Waals surface area contributed by atoms with Crippen LogP contribution >= 0.6 is 0 Å². The highest BCUT2D eigenvalue weighted by Crippen LogP contribution is 2.30. The topological polar surface area (TPSA) is 106 Å². The number of amides is 2. The van der Waals surface area contributed by atoms with E-state index < -0.39 is 12.1 Å². The summed E-state index contributed by atoms with van der Waals surface area (Å²) in [4.78, 5) is 28.2. The number of hydrogen-bond acceptors (Lipinski definition) is 5. The van der Waals surface area contributed by atoms with Crippen molar-refractivity contribution in [3.8, 4) is 5.75 Å². The van der Waals surface area contributed by atoms with Crippen molar-refractivity contribution >= 4 is 17.6 Å². The minimum Gasteiger partial charge on any atom is -0.480 e. The molecule has 7 heteroatoms. The lowest BCUT2D eigenvalue weighted by Gasteiger charge is -2.29. The Hall–Kier alpha value is -2.15. The van der Waals surface area contributed by atoms with E-state index in [1.807, 2.05) is 0 Å². The third-order valence-corrected chi connectivity index (χ3v) is 5.13. The fraction of sp³-hybridized carbons (Fsp3) is 0.611. The molecule has 1 aromatic rings. The molecule has 0 radical (unpaired) electrons. The number of carbonyl (C=O) groups is 2. The summed E-state index contributed by atoms with van der Waals surface area (Å²) in [5.41, 5.74) is 6.15. The first-order valence-electron chi connectivity index (χ1n) is 9.00. The van der Waals surface area contributed by atoms with Crippen LogP contribution in [0.15, 0.2) is 18.3 Å². The highest BCUT2D eigenvalue weighted by atomic mass is 16.5. The first-order chi connectivity index (χ1) is 12.0. The van der Waals surface area contributed by atoms with E-state index in [4.69, 9.17) is 10.5 Å². The molecular weight excluding hydrogens is 320 g/mol. The van der Waals surface area contributed by atoms with Crippen molar-refractivity contribution in [3.05, 3.63) is 18.3 Å². The number of nitrogens with two attached hydrogens (primary N) is 1. The van der Waals surface area contributed by atoms with Gasteiger partial charge in [0, 0.05) is 25.2 Å². The second-order valence-corrected chi connectivity index (χ2v) is 7.10. The summed E-state index contributed by atoms with van der Waals surface area (Å²) in [5, 5.41) is 5.50.